The molecule has 3 heteroatoms. The van der Waals surface area contributed by atoms with Crippen molar-refractivity contribution < 1.29 is 14.6 Å². The summed E-state index contributed by atoms with van der Waals surface area (Å²) in [5.74, 6) is 1.17. The van der Waals surface area contributed by atoms with Gasteiger partial charge in [-0.2, -0.15) is 0 Å². The van der Waals surface area contributed by atoms with Crippen LogP contribution in [0.3, 0.4) is 0 Å². The van der Waals surface area contributed by atoms with Crippen LogP contribution < -0.4 is 0 Å². The Morgan fingerprint density at radius 2 is 1.76 bits per heavy atom. The van der Waals surface area contributed by atoms with E-state index in [4.69, 9.17) is 4.74 Å². The first-order valence-corrected chi connectivity index (χ1v) is 9.47. The lowest BCUT2D eigenvalue weighted by Gasteiger charge is -2.57. The molecule has 0 saturated heterocycles. The lowest BCUT2D eigenvalue weighted by molar-refractivity contribution is -0.185. The lowest BCUT2D eigenvalue weighted by atomic mass is 9.48. The topological polar surface area (TPSA) is 46.5 Å². The summed E-state index contributed by atoms with van der Waals surface area (Å²) in [5.41, 5.74) is 0.733. The smallest absolute Gasteiger partial charge is 0.312 e. The van der Waals surface area contributed by atoms with Gasteiger partial charge in [-0.05, 0) is 66.2 Å². The summed E-state index contributed by atoms with van der Waals surface area (Å²) in [6.45, 7) is 0.338. The van der Waals surface area contributed by atoms with E-state index >= 15 is 0 Å². The van der Waals surface area contributed by atoms with Crippen molar-refractivity contribution in [3.05, 3.63) is 48.0 Å². The molecular weight excluding hydrogens is 312 g/mol. The van der Waals surface area contributed by atoms with Crippen molar-refractivity contribution in [2.24, 2.45) is 23.2 Å². The summed E-state index contributed by atoms with van der Waals surface area (Å²) < 4.78 is 5.84. The molecule has 6 rings (SSSR count). The van der Waals surface area contributed by atoms with Crippen molar-refractivity contribution in [1.82, 2.24) is 0 Å². The molecule has 4 aliphatic rings. The van der Waals surface area contributed by atoms with Gasteiger partial charge < -0.3 is 9.84 Å². The van der Waals surface area contributed by atoms with Gasteiger partial charge in [-0.3, -0.25) is 4.79 Å². The number of aliphatic hydroxyl groups is 1. The summed E-state index contributed by atoms with van der Waals surface area (Å²) in [4.78, 5) is 13.0. The second-order valence-corrected chi connectivity index (χ2v) is 8.46. The Kier molecular flexibility index (Phi) is 3.43. The Morgan fingerprint density at radius 3 is 2.56 bits per heavy atom. The van der Waals surface area contributed by atoms with Crippen LogP contribution in [0.15, 0.2) is 42.5 Å². The van der Waals surface area contributed by atoms with Gasteiger partial charge in [0, 0.05) is 0 Å². The number of carbonyl (C=O) groups is 1. The molecule has 2 atom stereocenters. The molecule has 25 heavy (non-hydrogen) atoms. The van der Waals surface area contributed by atoms with Crippen LogP contribution in [0.5, 0.6) is 0 Å². The summed E-state index contributed by atoms with van der Waals surface area (Å²) in [7, 11) is 0. The third-order valence-electron chi connectivity index (χ3n) is 6.90. The van der Waals surface area contributed by atoms with Crippen LogP contribution in [-0.4, -0.2) is 17.2 Å². The van der Waals surface area contributed by atoms with E-state index in [0.717, 1.165) is 43.1 Å². The Morgan fingerprint density at radius 1 is 1.04 bits per heavy atom. The molecule has 4 fully saturated rings. The molecule has 4 bridgehead atoms. The SMILES string of the molecule is O=C(OCc1cccc2ccccc12)C12CC3CC(C1)C(O)C(C3)C2. The van der Waals surface area contributed by atoms with Crippen molar-refractivity contribution in [1.29, 1.82) is 0 Å². The zero-order valence-electron chi connectivity index (χ0n) is 14.4. The van der Waals surface area contributed by atoms with Gasteiger partial charge in [-0.25, -0.2) is 0 Å². The fraction of sp³-hybridized carbons (Fsp3) is 0.500. The summed E-state index contributed by atoms with van der Waals surface area (Å²) in [6.07, 6.45) is 4.58. The average Bonchev–Trinajstić information content (AvgIpc) is 2.63. The van der Waals surface area contributed by atoms with Crippen LogP contribution in [-0.2, 0) is 16.1 Å². The summed E-state index contributed by atoms with van der Waals surface area (Å²) >= 11 is 0. The summed E-state index contributed by atoms with van der Waals surface area (Å²) in [6, 6.07) is 14.4. The van der Waals surface area contributed by atoms with Crippen molar-refractivity contribution in [2.45, 2.75) is 44.8 Å². The van der Waals surface area contributed by atoms with Crippen LogP contribution >= 0.6 is 0 Å². The van der Waals surface area contributed by atoms with Crippen molar-refractivity contribution in [3.63, 3.8) is 0 Å². The van der Waals surface area contributed by atoms with Gasteiger partial charge >= 0.3 is 5.97 Å². The Labute approximate surface area is 148 Å². The normalized spacial score (nSPS) is 35.9. The van der Waals surface area contributed by atoms with Crippen LogP contribution in [0.4, 0.5) is 0 Å². The molecule has 0 aliphatic heterocycles. The highest BCUT2D eigenvalue weighted by Gasteiger charge is 2.58. The predicted molar refractivity (Wildman–Crippen MR) is 95.7 cm³/mol. The fourth-order valence-electron chi connectivity index (χ4n) is 5.96. The number of rotatable bonds is 3. The van der Waals surface area contributed by atoms with Crippen molar-refractivity contribution in [2.75, 3.05) is 0 Å². The first kappa shape index (κ1) is 15.4. The summed E-state index contributed by atoms with van der Waals surface area (Å²) in [5, 5.41) is 12.7. The Hall–Kier alpha value is -1.87. The van der Waals surface area contributed by atoms with Gasteiger partial charge in [0.05, 0.1) is 11.5 Å². The van der Waals surface area contributed by atoms with Crippen molar-refractivity contribution in [3.8, 4) is 0 Å². The van der Waals surface area contributed by atoms with E-state index in [-0.39, 0.29) is 17.5 Å². The van der Waals surface area contributed by atoms with Gasteiger partial charge in [-0.15, -0.1) is 0 Å². The number of benzene rings is 2. The highest BCUT2D eigenvalue weighted by molar-refractivity contribution is 5.86. The van der Waals surface area contributed by atoms with Crippen LogP contribution in [0, 0.1) is 23.2 Å². The van der Waals surface area contributed by atoms with Gasteiger partial charge in [-0.1, -0.05) is 42.5 Å². The predicted octanol–water partition coefficient (Wildman–Crippen LogP) is 4.07. The second-order valence-electron chi connectivity index (χ2n) is 8.46. The average molecular weight is 336 g/mol. The van der Waals surface area contributed by atoms with Crippen LogP contribution in [0.2, 0.25) is 0 Å². The maximum Gasteiger partial charge on any atom is 0.312 e. The minimum atomic E-state index is -0.333. The Bertz CT molecular complexity index is 806. The first-order chi connectivity index (χ1) is 12.1. The zero-order valence-corrected chi connectivity index (χ0v) is 14.4. The molecule has 2 unspecified atom stereocenters. The van der Waals surface area contributed by atoms with Gasteiger partial charge in [0.1, 0.15) is 6.61 Å². The first-order valence-electron chi connectivity index (χ1n) is 9.47. The molecule has 4 aliphatic carbocycles. The second kappa shape index (κ2) is 5.57. The van der Waals surface area contributed by atoms with E-state index in [1.807, 2.05) is 24.3 Å². The lowest BCUT2D eigenvalue weighted by Crippen LogP contribution is -2.56. The molecule has 1 N–H and O–H groups in total. The molecule has 3 nitrogen and oxygen atoms in total. The standard InChI is InChI=1S/C22H24O3/c23-20-17-8-14-9-18(20)12-22(10-14,11-17)21(24)25-13-16-6-3-5-15-4-1-2-7-19(15)16/h1-7,14,17-18,20,23H,8-13H2. The number of hydrogen-bond acceptors (Lipinski definition) is 3. The van der Waals surface area contributed by atoms with Gasteiger partial charge in [0.2, 0.25) is 0 Å². The number of aliphatic hydroxyl groups excluding tert-OH is 1. The molecule has 0 radical (unpaired) electrons. The zero-order chi connectivity index (χ0) is 17.0. The molecule has 130 valence electrons. The number of fused-ring (bicyclic) bond motifs is 1. The largest absolute Gasteiger partial charge is 0.460 e. The third-order valence-corrected chi connectivity index (χ3v) is 6.90. The molecule has 2 aromatic carbocycles. The maximum atomic E-state index is 13.0. The number of hydrogen-bond donors (Lipinski definition) is 1. The quantitative estimate of drug-likeness (QED) is 0.860. The molecule has 4 saturated carbocycles. The van der Waals surface area contributed by atoms with Crippen LogP contribution in [0.1, 0.15) is 37.7 Å². The minimum absolute atomic E-state index is 0.0354. The van der Waals surface area contributed by atoms with Gasteiger partial charge in [0.25, 0.3) is 0 Å². The number of ether oxygens (including phenoxy) is 1. The van der Waals surface area contributed by atoms with E-state index in [9.17, 15) is 9.90 Å². The molecule has 0 spiro atoms. The van der Waals surface area contributed by atoms with Gasteiger partial charge in [0.15, 0.2) is 0 Å². The number of carbonyl (C=O) groups excluding carboxylic acids is 1. The highest BCUT2D eigenvalue weighted by Crippen LogP contribution is 2.60. The molecule has 2 aromatic rings. The maximum absolute atomic E-state index is 13.0. The fourth-order valence-corrected chi connectivity index (χ4v) is 5.96. The van der Waals surface area contributed by atoms with Crippen molar-refractivity contribution >= 4 is 16.7 Å². The van der Waals surface area contributed by atoms with E-state index in [1.54, 1.807) is 0 Å². The van der Waals surface area contributed by atoms with E-state index in [0.29, 0.717) is 24.4 Å². The highest BCUT2D eigenvalue weighted by atomic mass is 16.5. The van der Waals surface area contributed by atoms with Crippen LogP contribution in [0.25, 0.3) is 10.8 Å². The third kappa shape index (κ3) is 2.40. The van der Waals surface area contributed by atoms with E-state index < -0.39 is 0 Å². The number of esters is 1. The molecule has 0 heterocycles. The van der Waals surface area contributed by atoms with E-state index in [1.165, 1.54) is 5.39 Å². The molecule has 0 amide bonds. The minimum Gasteiger partial charge on any atom is -0.460 e. The Balaban J connectivity index is 1.36. The monoisotopic (exact) mass is 336 g/mol. The molecular formula is C22H24O3. The molecule has 0 aromatic heterocycles. The van der Waals surface area contributed by atoms with E-state index in [2.05, 4.69) is 18.2 Å².